The van der Waals surface area contributed by atoms with Gasteiger partial charge in [-0.3, -0.25) is 14.5 Å². The number of carbonyl (C=O) groups excluding carboxylic acids is 2. The van der Waals surface area contributed by atoms with Crippen LogP contribution in [-0.2, 0) is 9.59 Å². The van der Waals surface area contributed by atoms with Gasteiger partial charge in [-0.25, -0.2) is 0 Å². The first-order chi connectivity index (χ1) is 12.6. The first-order valence-electron chi connectivity index (χ1n) is 9.51. The Morgan fingerprint density at radius 3 is 2.19 bits per heavy atom. The third kappa shape index (κ3) is 4.88. The minimum Gasteiger partial charge on any atom is -0.496 e. The second-order valence-corrected chi connectivity index (χ2v) is 7.00. The zero-order chi connectivity index (χ0) is 18.9. The third-order valence-electron chi connectivity index (χ3n) is 4.72. The summed E-state index contributed by atoms with van der Waals surface area (Å²) in [6.45, 7) is 2.63. The van der Waals surface area contributed by atoms with Crippen molar-refractivity contribution in [2.24, 2.45) is 0 Å². The molecule has 1 aliphatic heterocycles. The normalized spacial score (nSPS) is 14.5. The molecule has 0 saturated carbocycles. The van der Waals surface area contributed by atoms with Crippen molar-refractivity contribution in [3.05, 3.63) is 34.9 Å². The van der Waals surface area contributed by atoms with Gasteiger partial charge in [0.15, 0.2) is 0 Å². The van der Waals surface area contributed by atoms with Gasteiger partial charge in [0.25, 0.3) is 11.8 Å². The molecule has 0 unspecified atom stereocenters. The van der Waals surface area contributed by atoms with Gasteiger partial charge in [0, 0.05) is 12.1 Å². The molecule has 1 aliphatic rings. The van der Waals surface area contributed by atoms with Crippen molar-refractivity contribution in [1.82, 2.24) is 4.90 Å². The summed E-state index contributed by atoms with van der Waals surface area (Å²) in [5, 5.41) is -0.0148. The number of hydrogen-bond acceptors (Lipinski definition) is 3. The zero-order valence-corrected chi connectivity index (χ0v) is 16.5. The number of unbranched alkanes of at least 4 members (excludes halogenated alkanes) is 7. The highest BCUT2D eigenvalue weighted by Crippen LogP contribution is 2.36. The Morgan fingerprint density at radius 1 is 0.923 bits per heavy atom. The lowest BCUT2D eigenvalue weighted by Crippen LogP contribution is -2.32. The zero-order valence-electron chi connectivity index (χ0n) is 15.7. The van der Waals surface area contributed by atoms with Crippen molar-refractivity contribution in [3.63, 3.8) is 0 Å². The predicted octanol–water partition coefficient (Wildman–Crippen LogP) is 5.15. The molecule has 0 bridgehead atoms. The molecule has 0 spiro atoms. The van der Waals surface area contributed by atoms with Crippen molar-refractivity contribution < 1.29 is 14.3 Å². The van der Waals surface area contributed by atoms with E-state index < -0.39 is 5.91 Å². The van der Waals surface area contributed by atoms with Gasteiger partial charge in [-0.15, -0.1) is 0 Å². The Kier molecular flexibility index (Phi) is 8.17. The van der Waals surface area contributed by atoms with Gasteiger partial charge >= 0.3 is 0 Å². The van der Waals surface area contributed by atoms with E-state index in [0.717, 1.165) is 19.3 Å². The molecule has 2 amide bonds. The maximum atomic E-state index is 12.7. The van der Waals surface area contributed by atoms with Gasteiger partial charge in [-0.05, 0) is 12.5 Å². The summed E-state index contributed by atoms with van der Waals surface area (Å²) >= 11 is 6.20. The Morgan fingerprint density at radius 2 is 1.54 bits per heavy atom. The molecule has 0 aliphatic carbocycles. The number of methoxy groups -OCH3 is 1. The summed E-state index contributed by atoms with van der Waals surface area (Å²) in [5.41, 5.74) is 0.811. The number of ether oxygens (including phenoxy) is 1. The minimum absolute atomic E-state index is 0.0148. The number of hydrogen-bond donors (Lipinski definition) is 0. The van der Waals surface area contributed by atoms with E-state index in [4.69, 9.17) is 16.3 Å². The maximum Gasteiger partial charge on any atom is 0.273 e. The first-order valence-corrected chi connectivity index (χ1v) is 9.89. The molecule has 1 heterocycles. The maximum absolute atomic E-state index is 12.7. The van der Waals surface area contributed by atoms with E-state index in [1.165, 1.54) is 44.1 Å². The van der Waals surface area contributed by atoms with Crippen LogP contribution in [0.25, 0.3) is 5.57 Å². The lowest BCUT2D eigenvalue weighted by atomic mass is 10.0. The molecular formula is C21H28ClNO3. The van der Waals surface area contributed by atoms with Crippen molar-refractivity contribution in [2.45, 2.75) is 58.3 Å². The molecule has 0 radical (unpaired) electrons. The molecule has 26 heavy (non-hydrogen) atoms. The van der Waals surface area contributed by atoms with Crippen molar-refractivity contribution >= 4 is 29.0 Å². The van der Waals surface area contributed by atoms with E-state index in [2.05, 4.69) is 6.92 Å². The average Bonchev–Trinajstić information content (AvgIpc) is 2.86. The van der Waals surface area contributed by atoms with Crippen molar-refractivity contribution in [1.29, 1.82) is 0 Å². The van der Waals surface area contributed by atoms with E-state index >= 15 is 0 Å². The standard InChI is InChI=1S/C21H28ClNO3/c1-3-4-5-6-7-8-9-12-15-23-20(24)18(19(22)21(23)25)16-13-10-11-14-17(16)26-2/h10-11,13-14H,3-9,12,15H2,1-2H3. The molecular weight excluding hydrogens is 350 g/mol. The molecule has 0 atom stereocenters. The quantitative estimate of drug-likeness (QED) is 0.395. The number of nitrogens with zero attached hydrogens (tertiary/aromatic N) is 1. The first kappa shape index (κ1) is 20.5. The number of amides is 2. The van der Waals surface area contributed by atoms with Crippen LogP contribution in [0.3, 0.4) is 0 Å². The Balaban J connectivity index is 1.90. The number of halogens is 1. The van der Waals surface area contributed by atoms with E-state index in [9.17, 15) is 9.59 Å². The van der Waals surface area contributed by atoms with Gasteiger partial charge < -0.3 is 4.74 Å². The van der Waals surface area contributed by atoms with Gasteiger partial charge in [0.1, 0.15) is 10.8 Å². The molecule has 1 aromatic rings. The number of imide groups is 1. The molecule has 1 aromatic carbocycles. The summed E-state index contributed by atoms with van der Waals surface area (Å²) < 4.78 is 5.30. The summed E-state index contributed by atoms with van der Waals surface area (Å²) in [6.07, 6.45) is 9.30. The van der Waals surface area contributed by atoms with E-state index in [1.54, 1.807) is 18.2 Å². The summed E-state index contributed by atoms with van der Waals surface area (Å²) in [5.74, 6) is -0.191. The lowest BCUT2D eigenvalue weighted by Gasteiger charge is -2.15. The predicted molar refractivity (Wildman–Crippen MR) is 105 cm³/mol. The molecule has 0 fully saturated rings. The number of benzene rings is 1. The van der Waals surface area contributed by atoms with Crippen LogP contribution in [0.5, 0.6) is 5.75 Å². The monoisotopic (exact) mass is 377 g/mol. The molecule has 2 rings (SSSR count). The van der Waals surface area contributed by atoms with Crippen LogP contribution in [0.15, 0.2) is 29.3 Å². The fourth-order valence-electron chi connectivity index (χ4n) is 3.24. The SMILES string of the molecule is CCCCCCCCCCN1C(=O)C(Cl)=C(c2ccccc2OC)C1=O. The van der Waals surface area contributed by atoms with Crippen LogP contribution in [0.1, 0.15) is 63.9 Å². The van der Waals surface area contributed by atoms with E-state index in [0.29, 0.717) is 17.9 Å². The molecule has 142 valence electrons. The lowest BCUT2D eigenvalue weighted by molar-refractivity contribution is -0.136. The smallest absolute Gasteiger partial charge is 0.273 e. The molecule has 5 heteroatoms. The topological polar surface area (TPSA) is 46.6 Å². The molecule has 0 saturated heterocycles. The van der Waals surface area contributed by atoms with Gasteiger partial charge in [0.2, 0.25) is 0 Å². The Hall–Kier alpha value is -1.81. The second kappa shape index (κ2) is 10.4. The summed E-state index contributed by atoms with van der Waals surface area (Å²) in [6, 6.07) is 7.12. The van der Waals surface area contributed by atoms with Crippen LogP contribution in [0, 0.1) is 0 Å². The van der Waals surface area contributed by atoms with E-state index in [-0.39, 0.29) is 16.5 Å². The highest BCUT2D eigenvalue weighted by molar-refractivity contribution is 6.55. The van der Waals surface area contributed by atoms with Gasteiger partial charge in [-0.2, -0.15) is 0 Å². The van der Waals surface area contributed by atoms with Crippen LogP contribution in [0.2, 0.25) is 0 Å². The van der Waals surface area contributed by atoms with E-state index in [1.807, 2.05) is 6.07 Å². The summed E-state index contributed by atoms with van der Waals surface area (Å²) in [4.78, 5) is 26.4. The average molecular weight is 378 g/mol. The molecule has 0 aromatic heterocycles. The van der Waals surface area contributed by atoms with Crippen LogP contribution in [0.4, 0.5) is 0 Å². The Bertz CT molecular complexity index is 669. The minimum atomic E-state index is -0.402. The van der Waals surface area contributed by atoms with Crippen LogP contribution >= 0.6 is 11.6 Å². The van der Waals surface area contributed by atoms with Gasteiger partial charge in [-0.1, -0.05) is 81.7 Å². The van der Waals surface area contributed by atoms with Crippen molar-refractivity contribution in [2.75, 3.05) is 13.7 Å². The molecule has 0 N–H and O–H groups in total. The van der Waals surface area contributed by atoms with Crippen LogP contribution < -0.4 is 4.74 Å². The number of carbonyl (C=O) groups is 2. The highest BCUT2D eigenvalue weighted by Gasteiger charge is 2.38. The fraction of sp³-hybridized carbons (Fsp3) is 0.524. The number of para-hydroxylation sites is 1. The Labute approximate surface area is 161 Å². The fourth-order valence-corrected chi connectivity index (χ4v) is 3.52. The third-order valence-corrected chi connectivity index (χ3v) is 5.07. The highest BCUT2D eigenvalue weighted by atomic mass is 35.5. The molecule has 4 nitrogen and oxygen atoms in total. The largest absolute Gasteiger partial charge is 0.496 e. The second-order valence-electron chi connectivity index (χ2n) is 6.63. The van der Waals surface area contributed by atoms with Crippen LogP contribution in [-0.4, -0.2) is 30.4 Å². The van der Waals surface area contributed by atoms with Crippen molar-refractivity contribution in [3.8, 4) is 5.75 Å². The van der Waals surface area contributed by atoms with Gasteiger partial charge in [0.05, 0.1) is 12.7 Å². The number of rotatable bonds is 11. The summed E-state index contributed by atoms with van der Waals surface area (Å²) in [7, 11) is 1.53.